The van der Waals surface area contributed by atoms with E-state index in [1.807, 2.05) is 33.9 Å². The standard InChI is InChI=1S/C24H45N2O11PSi/c1-10-34-38(31,35-11-2)22(37-39(8,9)24(4,5)6)17(28)18-16(27)19(33-13-12-32-7)21(36-18)26-14-15(3)20(29)25-23(26)30/h14,16-19,21-22,27-28H,10-13H2,1-9H3,(H,25,29,30)/t16-,17-,18+,19-,21-,22+/m1/s1. The van der Waals surface area contributed by atoms with Crippen molar-refractivity contribution < 1.29 is 42.5 Å². The molecule has 1 aromatic rings. The van der Waals surface area contributed by atoms with Gasteiger partial charge in [0.1, 0.15) is 24.4 Å². The Kier molecular flexibility index (Phi) is 11.9. The molecular weight excluding hydrogens is 551 g/mol. The van der Waals surface area contributed by atoms with Crippen LogP contribution < -0.4 is 11.2 Å². The molecule has 2 rings (SSSR count). The number of hydrogen-bond acceptors (Lipinski definition) is 11. The Labute approximate surface area is 230 Å². The highest BCUT2D eigenvalue weighted by Crippen LogP contribution is 2.57. The van der Waals surface area contributed by atoms with Gasteiger partial charge < -0.3 is 37.9 Å². The fourth-order valence-electron chi connectivity index (χ4n) is 3.91. The van der Waals surface area contributed by atoms with Crippen LogP contribution >= 0.6 is 7.60 Å². The molecule has 0 spiro atoms. The van der Waals surface area contributed by atoms with E-state index < -0.39 is 63.7 Å². The highest BCUT2D eigenvalue weighted by Gasteiger charge is 2.56. The summed E-state index contributed by atoms with van der Waals surface area (Å²) in [5.41, 5.74) is -1.13. The van der Waals surface area contributed by atoms with Crippen molar-refractivity contribution in [2.45, 2.75) is 96.2 Å². The molecule has 3 N–H and O–H groups in total. The number of H-pyrrole nitrogens is 1. The molecule has 0 aromatic carbocycles. The van der Waals surface area contributed by atoms with E-state index in [9.17, 15) is 24.4 Å². The van der Waals surface area contributed by atoms with Crippen molar-refractivity contribution >= 4 is 15.9 Å². The Morgan fingerprint density at radius 3 is 2.28 bits per heavy atom. The van der Waals surface area contributed by atoms with E-state index in [1.54, 1.807) is 13.8 Å². The van der Waals surface area contributed by atoms with Crippen LogP contribution in [0, 0.1) is 6.92 Å². The molecule has 226 valence electrons. The lowest BCUT2D eigenvalue weighted by Crippen LogP contribution is -2.52. The van der Waals surface area contributed by atoms with Gasteiger partial charge in [0, 0.05) is 18.9 Å². The number of aliphatic hydroxyl groups is 2. The lowest BCUT2D eigenvalue weighted by molar-refractivity contribution is -0.110. The molecule has 0 radical (unpaired) electrons. The van der Waals surface area contributed by atoms with Crippen LogP contribution in [-0.4, -0.2) is 91.9 Å². The summed E-state index contributed by atoms with van der Waals surface area (Å²) in [6, 6.07) is 0. The summed E-state index contributed by atoms with van der Waals surface area (Å²) in [4.78, 5) is 26.9. The normalized spacial score (nSPS) is 24.2. The monoisotopic (exact) mass is 596 g/mol. The zero-order valence-corrected chi connectivity index (χ0v) is 26.2. The summed E-state index contributed by atoms with van der Waals surface area (Å²) >= 11 is 0. The van der Waals surface area contributed by atoms with E-state index in [1.165, 1.54) is 20.2 Å². The number of nitrogens with one attached hydrogen (secondary N) is 1. The fraction of sp³-hybridized carbons (Fsp3) is 0.833. The second kappa shape index (κ2) is 13.6. The Balaban J connectivity index is 2.59. The first-order valence-corrected chi connectivity index (χ1v) is 17.6. The van der Waals surface area contributed by atoms with Gasteiger partial charge in [-0.2, -0.15) is 0 Å². The van der Waals surface area contributed by atoms with Gasteiger partial charge in [-0.05, 0) is 38.9 Å². The number of ether oxygens (including phenoxy) is 3. The third-order valence-electron chi connectivity index (χ3n) is 7.05. The van der Waals surface area contributed by atoms with Gasteiger partial charge in [-0.1, -0.05) is 20.8 Å². The summed E-state index contributed by atoms with van der Waals surface area (Å²) in [6.45, 7) is 14.8. The minimum atomic E-state index is -4.10. The number of rotatable bonds is 14. The molecule has 2 heterocycles. The minimum absolute atomic E-state index is 0.0207. The average molecular weight is 597 g/mol. The SMILES string of the molecule is CCOP(=O)(OCC)[C@H](O[Si](C)(C)C(C)(C)C)[C@H](O)[C@H]1O[C@@H](n2cc(C)c(=O)[nH]c2=O)[C@H](OCCOC)[C@@H]1O. The van der Waals surface area contributed by atoms with Gasteiger partial charge in [-0.15, -0.1) is 0 Å². The van der Waals surface area contributed by atoms with E-state index in [-0.39, 0.29) is 37.0 Å². The van der Waals surface area contributed by atoms with Gasteiger partial charge in [0.25, 0.3) is 5.56 Å². The van der Waals surface area contributed by atoms with Crippen LogP contribution in [0.3, 0.4) is 0 Å². The maximum absolute atomic E-state index is 14.0. The van der Waals surface area contributed by atoms with Crippen LogP contribution in [0.1, 0.15) is 46.4 Å². The lowest BCUT2D eigenvalue weighted by Gasteiger charge is -2.42. The van der Waals surface area contributed by atoms with Crippen molar-refractivity contribution in [1.29, 1.82) is 0 Å². The molecule has 39 heavy (non-hydrogen) atoms. The highest BCUT2D eigenvalue weighted by molar-refractivity contribution is 7.54. The Morgan fingerprint density at radius 1 is 1.18 bits per heavy atom. The van der Waals surface area contributed by atoms with Crippen LogP contribution in [0.25, 0.3) is 0 Å². The largest absolute Gasteiger partial charge is 0.401 e. The van der Waals surface area contributed by atoms with Crippen molar-refractivity contribution in [2.24, 2.45) is 0 Å². The predicted molar refractivity (Wildman–Crippen MR) is 147 cm³/mol. The molecule has 0 amide bonds. The van der Waals surface area contributed by atoms with Crippen molar-refractivity contribution in [3.05, 3.63) is 32.6 Å². The number of methoxy groups -OCH3 is 1. The van der Waals surface area contributed by atoms with E-state index in [0.717, 1.165) is 4.57 Å². The molecule has 1 aromatic heterocycles. The van der Waals surface area contributed by atoms with Crippen molar-refractivity contribution in [3.63, 3.8) is 0 Å². The first-order chi connectivity index (χ1) is 18.0. The zero-order chi connectivity index (χ0) is 29.8. The fourth-order valence-corrected chi connectivity index (χ4v) is 7.95. The molecule has 0 unspecified atom stereocenters. The van der Waals surface area contributed by atoms with E-state index in [2.05, 4.69) is 4.98 Å². The van der Waals surface area contributed by atoms with Gasteiger partial charge in [-0.25, -0.2) is 4.79 Å². The van der Waals surface area contributed by atoms with Crippen LogP contribution in [-0.2, 0) is 32.2 Å². The molecule has 0 bridgehead atoms. The highest BCUT2D eigenvalue weighted by atomic mass is 31.2. The Morgan fingerprint density at radius 2 is 1.77 bits per heavy atom. The maximum Gasteiger partial charge on any atom is 0.360 e. The van der Waals surface area contributed by atoms with E-state index >= 15 is 0 Å². The molecule has 0 saturated carbocycles. The predicted octanol–water partition coefficient (Wildman–Crippen LogP) is 2.11. The van der Waals surface area contributed by atoms with Gasteiger partial charge >= 0.3 is 13.3 Å². The van der Waals surface area contributed by atoms with Crippen molar-refractivity contribution in [1.82, 2.24) is 9.55 Å². The molecule has 0 aliphatic carbocycles. The van der Waals surface area contributed by atoms with Crippen LogP contribution in [0.15, 0.2) is 15.8 Å². The number of aliphatic hydroxyl groups excluding tert-OH is 2. The summed E-state index contributed by atoms with van der Waals surface area (Å²) in [5.74, 6) is -1.51. The number of aromatic amines is 1. The Bertz CT molecular complexity index is 1090. The summed E-state index contributed by atoms with van der Waals surface area (Å²) < 4.78 is 49.6. The molecule has 13 nitrogen and oxygen atoms in total. The third-order valence-corrected chi connectivity index (χ3v) is 14.0. The lowest BCUT2D eigenvalue weighted by atomic mass is 10.1. The smallest absolute Gasteiger partial charge is 0.360 e. The van der Waals surface area contributed by atoms with Crippen LogP contribution in [0.5, 0.6) is 0 Å². The summed E-state index contributed by atoms with van der Waals surface area (Å²) in [6.07, 6.45) is -5.75. The number of aryl methyl sites for hydroxylation is 1. The molecule has 15 heteroatoms. The number of aromatic nitrogens is 2. The maximum atomic E-state index is 14.0. The topological polar surface area (TPSA) is 168 Å². The quantitative estimate of drug-likeness (QED) is 0.163. The van der Waals surface area contributed by atoms with Gasteiger partial charge in [0.05, 0.1) is 26.4 Å². The average Bonchev–Trinajstić information content (AvgIpc) is 3.15. The second-order valence-electron chi connectivity index (χ2n) is 10.9. The first kappa shape index (κ1) is 34.0. The van der Waals surface area contributed by atoms with Crippen molar-refractivity contribution in [3.8, 4) is 0 Å². The molecule has 1 aliphatic rings. The van der Waals surface area contributed by atoms with Gasteiger partial charge in [0.15, 0.2) is 20.4 Å². The first-order valence-electron chi connectivity index (χ1n) is 13.1. The molecule has 1 saturated heterocycles. The molecule has 6 atom stereocenters. The van der Waals surface area contributed by atoms with E-state index in [0.29, 0.717) is 0 Å². The third kappa shape index (κ3) is 7.76. The second-order valence-corrected chi connectivity index (χ2v) is 17.8. The van der Waals surface area contributed by atoms with Crippen molar-refractivity contribution in [2.75, 3.05) is 33.5 Å². The number of nitrogens with zero attached hydrogens (tertiary/aromatic N) is 1. The molecule has 1 aliphatic heterocycles. The zero-order valence-electron chi connectivity index (χ0n) is 24.3. The van der Waals surface area contributed by atoms with E-state index in [4.69, 9.17) is 27.7 Å². The molecular formula is C24H45N2O11PSi. The minimum Gasteiger partial charge on any atom is -0.401 e. The summed E-state index contributed by atoms with van der Waals surface area (Å²) in [5, 5.41) is 22.7. The van der Waals surface area contributed by atoms with Gasteiger partial charge in [0.2, 0.25) is 0 Å². The van der Waals surface area contributed by atoms with Crippen LogP contribution in [0.4, 0.5) is 0 Å². The van der Waals surface area contributed by atoms with Gasteiger partial charge in [-0.3, -0.25) is 18.9 Å². The Hall–Kier alpha value is -1.19. The molecule has 1 fully saturated rings. The van der Waals surface area contributed by atoms with Crippen LogP contribution in [0.2, 0.25) is 18.1 Å². The summed E-state index contributed by atoms with van der Waals surface area (Å²) in [7, 11) is -5.31. The number of hydrogen-bond donors (Lipinski definition) is 3.